The Kier molecular flexibility index (Phi) is 3.70. The minimum Gasteiger partial charge on any atom is -0.271 e. The van der Waals surface area contributed by atoms with Crippen LogP contribution in [0.3, 0.4) is 0 Å². The van der Waals surface area contributed by atoms with Crippen LogP contribution in [0.25, 0.3) is 0 Å². The molecule has 0 bridgehead atoms. The van der Waals surface area contributed by atoms with Crippen molar-refractivity contribution in [2.75, 3.05) is 0 Å². The van der Waals surface area contributed by atoms with E-state index in [1.807, 2.05) is 0 Å². The molecule has 0 radical (unpaired) electrons. The summed E-state index contributed by atoms with van der Waals surface area (Å²) < 4.78 is 38.8. The molecule has 2 aromatic rings. The van der Waals surface area contributed by atoms with Gasteiger partial charge in [-0.2, -0.15) is 13.2 Å². The van der Waals surface area contributed by atoms with Crippen molar-refractivity contribution in [3.05, 3.63) is 57.8 Å². The molecule has 0 aliphatic heterocycles. The van der Waals surface area contributed by atoms with Crippen LogP contribution in [-0.4, -0.2) is 0 Å². The normalized spacial score (nSPS) is 13.6. The van der Waals surface area contributed by atoms with Crippen LogP contribution in [-0.2, 0) is 6.18 Å². The summed E-state index contributed by atoms with van der Waals surface area (Å²) >= 11 is 1.36. The molecule has 2 nitrogen and oxygen atoms in total. The second kappa shape index (κ2) is 5.09. The Hall–Kier alpha value is -1.37. The molecule has 0 fully saturated rings. The van der Waals surface area contributed by atoms with Crippen LogP contribution in [0.5, 0.6) is 0 Å². The second-order valence-corrected chi connectivity index (χ2v) is 4.68. The van der Waals surface area contributed by atoms with Crippen LogP contribution >= 0.6 is 11.3 Å². The van der Waals surface area contributed by atoms with Gasteiger partial charge in [-0.1, -0.05) is 24.3 Å². The molecule has 0 aliphatic rings. The zero-order valence-corrected chi connectivity index (χ0v) is 10.1. The maximum Gasteiger partial charge on any atom is 0.416 e. The van der Waals surface area contributed by atoms with E-state index in [0.717, 1.165) is 10.9 Å². The first kappa shape index (κ1) is 13.1. The van der Waals surface area contributed by atoms with E-state index in [0.29, 0.717) is 0 Å². The number of thiophene rings is 1. The average molecular weight is 272 g/mol. The van der Waals surface area contributed by atoms with Crippen molar-refractivity contribution in [1.29, 1.82) is 0 Å². The van der Waals surface area contributed by atoms with Crippen molar-refractivity contribution in [2.24, 2.45) is 5.84 Å². The molecule has 0 aliphatic carbocycles. The third-order valence-electron chi connectivity index (χ3n) is 2.57. The predicted molar refractivity (Wildman–Crippen MR) is 64.9 cm³/mol. The molecule has 3 N–H and O–H groups in total. The Balaban J connectivity index is 2.50. The van der Waals surface area contributed by atoms with Gasteiger partial charge in [-0.3, -0.25) is 5.84 Å². The highest BCUT2D eigenvalue weighted by Gasteiger charge is 2.35. The molecular weight excluding hydrogens is 261 g/mol. The highest BCUT2D eigenvalue weighted by molar-refractivity contribution is 7.10. The molecule has 1 heterocycles. The van der Waals surface area contributed by atoms with E-state index in [-0.39, 0.29) is 5.56 Å². The lowest BCUT2D eigenvalue weighted by atomic mass is 9.99. The molecule has 6 heteroatoms. The van der Waals surface area contributed by atoms with Gasteiger partial charge in [0, 0.05) is 4.88 Å². The molecule has 0 spiro atoms. The van der Waals surface area contributed by atoms with E-state index in [4.69, 9.17) is 5.84 Å². The van der Waals surface area contributed by atoms with Gasteiger partial charge in [-0.15, -0.1) is 11.3 Å². The fraction of sp³-hybridized carbons (Fsp3) is 0.167. The predicted octanol–water partition coefficient (Wildman–Crippen LogP) is 3.32. The zero-order chi connectivity index (χ0) is 13.2. The summed E-state index contributed by atoms with van der Waals surface area (Å²) in [6, 6.07) is 8.32. The fourth-order valence-electron chi connectivity index (χ4n) is 1.79. The lowest BCUT2D eigenvalue weighted by Crippen LogP contribution is -2.30. The Morgan fingerprint density at radius 3 is 2.39 bits per heavy atom. The maximum atomic E-state index is 12.9. The maximum absolute atomic E-state index is 12.9. The molecule has 18 heavy (non-hydrogen) atoms. The molecule has 0 saturated heterocycles. The van der Waals surface area contributed by atoms with Gasteiger partial charge in [-0.05, 0) is 23.1 Å². The number of nitrogens with one attached hydrogen (secondary N) is 1. The molecule has 0 saturated carbocycles. The van der Waals surface area contributed by atoms with Gasteiger partial charge in [0.2, 0.25) is 0 Å². The van der Waals surface area contributed by atoms with Crippen molar-refractivity contribution in [2.45, 2.75) is 12.2 Å². The Labute approximate surface area is 106 Å². The van der Waals surface area contributed by atoms with Crippen molar-refractivity contribution in [3.8, 4) is 0 Å². The monoisotopic (exact) mass is 272 g/mol. The van der Waals surface area contributed by atoms with Gasteiger partial charge < -0.3 is 0 Å². The molecule has 1 atom stereocenters. The first-order valence-electron chi connectivity index (χ1n) is 5.19. The molecule has 0 amide bonds. The summed E-state index contributed by atoms with van der Waals surface area (Å²) in [6.45, 7) is 0. The van der Waals surface area contributed by atoms with Crippen LogP contribution in [0.4, 0.5) is 13.2 Å². The number of alkyl halides is 3. The topological polar surface area (TPSA) is 38.0 Å². The lowest BCUT2D eigenvalue weighted by molar-refractivity contribution is -0.138. The number of nitrogens with two attached hydrogens (primary N) is 1. The smallest absolute Gasteiger partial charge is 0.271 e. The highest BCUT2D eigenvalue weighted by Crippen LogP contribution is 2.37. The van der Waals surface area contributed by atoms with E-state index < -0.39 is 17.8 Å². The van der Waals surface area contributed by atoms with Gasteiger partial charge in [0.15, 0.2) is 0 Å². The third kappa shape index (κ3) is 2.55. The highest BCUT2D eigenvalue weighted by atomic mass is 32.1. The van der Waals surface area contributed by atoms with Gasteiger partial charge in [0.25, 0.3) is 0 Å². The summed E-state index contributed by atoms with van der Waals surface area (Å²) in [6.07, 6.45) is -4.39. The zero-order valence-electron chi connectivity index (χ0n) is 9.24. The molecule has 1 aromatic carbocycles. The van der Waals surface area contributed by atoms with E-state index in [9.17, 15) is 13.2 Å². The quantitative estimate of drug-likeness (QED) is 0.664. The van der Waals surface area contributed by atoms with Crippen molar-refractivity contribution >= 4 is 11.3 Å². The second-order valence-electron chi connectivity index (χ2n) is 3.70. The minimum atomic E-state index is -4.39. The van der Waals surface area contributed by atoms with E-state index in [1.165, 1.54) is 23.5 Å². The van der Waals surface area contributed by atoms with Gasteiger partial charge in [0.1, 0.15) is 0 Å². The SMILES string of the molecule is NNC(c1cccs1)c1ccccc1C(F)(F)F. The van der Waals surface area contributed by atoms with E-state index in [2.05, 4.69) is 5.43 Å². The van der Waals surface area contributed by atoms with Crippen molar-refractivity contribution < 1.29 is 13.2 Å². The summed E-state index contributed by atoms with van der Waals surface area (Å²) in [7, 11) is 0. The number of halogens is 3. The van der Waals surface area contributed by atoms with Crippen molar-refractivity contribution in [1.82, 2.24) is 5.43 Å². The summed E-state index contributed by atoms with van der Waals surface area (Å²) in [5.74, 6) is 5.40. The Morgan fingerprint density at radius 2 is 1.83 bits per heavy atom. The lowest BCUT2D eigenvalue weighted by Gasteiger charge is -2.20. The van der Waals surface area contributed by atoms with Crippen LogP contribution in [0.15, 0.2) is 41.8 Å². The van der Waals surface area contributed by atoms with Gasteiger partial charge >= 0.3 is 6.18 Å². The summed E-state index contributed by atoms with van der Waals surface area (Å²) in [4.78, 5) is 0.745. The van der Waals surface area contributed by atoms with Crippen LogP contribution in [0.1, 0.15) is 22.0 Å². The van der Waals surface area contributed by atoms with Crippen LogP contribution in [0.2, 0.25) is 0 Å². The molecular formula is C12H11F3N2S. The van der Waals surface area contributed by atoms with Crippen LogP contribution in [0, 0.1) is 0 Å². The third-order valence-corrected chi connectivity index (χ3v) is 3.51. The van der Waals surface area contributed by atoms with Gasteiger partial charge in [-0.25, -0.2) is 5.43 Å². The standard InChI is InChI=1S/C12H11F3N2S/c13-12(14,15)9-5-2-1-4-8(9)11(17-16)10-6-3-7-18-10/h1-7,11,17H,16H2. The average Bonchev–Trinajstić information content (AvgIpc) is 2.83. The first-order chi connectivity index (χ1) is 8.54. The number of hydrogen-bond donors (Lipinski definition) is 2. The summed E-state index contributed by atoms with van der Waals surface area (Å²) in [5.41, 5.74) is 1.91. The Morgan fingerprint density at radius 1 is 1.11 bits per heavy atom. The molecule has 96 valence electrons. The van der Waals surface area contributed by atoms with E-state index >= 15 is 0 Å². The Bertz CT molecular complexity index is 508. The van der Waals surface area contributed by atoms with Crippen LogP contribution < -0.4 is 11.3 Å². The van der Waals surface area contributed by atoms with E-state index in [1.54, 1.807) is 23.6 Å². The number of benzene rings is 1. The van der Waals surface area contributed by atoms with Gasteiger partial charge in [0.05, 0.1) is 11.6 Å². The first-order valence-corrected chi connectivity index (χ1v) is 6.07. The molecule has 2 rings (SSSR count). The minimum absolute atomic E-state index is 0.134. The molecule has 1 unspecified atom stereocenters. The van der Waals surface area contributed by atoms with Crippen molar-refractivity contribution in [3.63, 3.8) is 0 Å². The molecule has 1 aromatic heterocycles. The number of rotatable bonds is 3. The number of hydrogen-bond acceptors (Lipinski definition) is 3. The largest absolute Gasteiger partial charge is 0.416 e. The summed E-state index contributed by atoms with van der Waals surface area (Å²) in [5, 5.41) is 1.80. The number of hydrazine groups is 1. The fourth-order valence-corrected chi connectivity index (χ4v) is 2.59.